The van der Waals surface area contributed by atoms with Gasteiger partial charge in [0.05, 0.1) is 23.2 Å². The maximum Gasteiger partial charge on any atom is 0.264 e. The highest BCUT2D eigenvalue weighted by Crippen LogP contribution is 2.25. The molecule has 0 saturated carbocycles. The number of benzene rings is 2. The topological polar surface area (TPSA) is 139 Å². The second kappa shape index (κ2) is 9.45. The van der Waals surface area contributed by atoms with Crippen molar-refractivity contribution in [2.24, 2.45) is 7.05 Å². The first kappa shape index (κ1) is 24.7. The fourth-order valence-electron chi connectivity index (χ4n) is 4.46. The smallest absolute Gasteiger partial charge is 0.264 e. The maximum atomic E-state index is 13.0. The van der Waals surface area contributed by atoms with Crippen molar-refractivity contribution in [2.45, 2.75) is 29.9 Å². The number of amides is 1. The van der Waals surface area contributed by atoms with E-state index in [0.29, 0.717) is 48.2 Å². The number of nitrogens with zero attached hydrogens (tertiary/aromatic N) is 5. The van der Waals surface area contributed by atoms with Crippen molar-refractivity contribution in [1.82, 2.24) is 24.2 Å². The van der Waals surface area contributed by atoms with Gasteiger partial charge < -0.3 is 10.0 Å². The van der Waals surface area contributed by atoms with Crippen LogP contribution in [0.4, 0.5) is 5.69 Å². The van der Waals surface area contributed by atoms with E-state index < -0.39 is 15.6 Å². The maximum absolute atomic E-state index is 13.0. The molecule has 0 radical (unpaired) electrons. The molecule has 37 heavy (non-hydrogen) atoms. The van der Waals surface area contributed by atoms with Gasteiger partial charge >= 0.3 is 0 Å². The molecule has 0 unspecified atom stereocenters. The highest BCUT2D eigenvalue weighted by Gasteiger charge is 2.35. The van der Waals surface area contributed by atoms with Crippen molar-refractivity contribution < 1.29 is 18.3 Å². The number of nitrogens with one attached hydrogen (secondary N) is 1. The van der Waals surface area contributed by atoms with Crippen molar-refractivity contribution in [3.63, 3.8) is 0 Å². The van der Waals surface area contributed by atoms with Gasteiger partial charge in [0.2, 0.25) is 0 Å². The predicted octanol–water partition coefficient (Wildman–Crippen LogP) is 1.60. The van der Waals surface area contributed by atoms with Gasteiger partial charge in [-0.1, -0.05) is 18.2 Å². The largest absolute Gasteiger partial charge is 0.388 e. The molecular weight excluding hydrogens is 496 g/mol. The zero-order chi connectivity index (χ0) is 26.2. The number of piperidine rings is 1. The normalized spacial score (nSPS) is 15.6. The van der Waals surface area contributed by atoms with Crippen LogP contribution in [0.25, 0.3) is 11.0 Å². The molecule has 2 aromatic carbocycles. The first-order valence-electron chi connectivity index (χ1n) is 11.7. The van der Waals surface area contributed by atoms with Gasteiger partial charge in [0.25, 0.3) is 21.5 Å². The summed E-state index contributed by atoms with van der Waals surface area (Å²) in [5.41, 5.74) is -0.188. The van der Waals surface area contributed by atoms with E-state index in [1.807, 2.05) is 0 Å². The van der Waals surface area contributed by atoms with Gasteiger partial charge in [0.1, 0.15) is 11.7 Å². The Morgan fingerprint density at radius 3 is 2.43 bits per heavy atom. The fraction of sp³-hybridized carbons (Fsp3) is 0.280. The van der Waals surface area contributed by atoms with Gasteiger partial charge in [-0.15, -0.1) is 0 Å². The molecule has 0 aliphatic carbocycles. The monoisotopic (exact) mass is 522 g/mol. The van der Waals surface area contributed by atoms with Crippen LogP contribution in [0.15, 0.2) is 76.8 Å². The van der Waals surface area contributed by atoms with E-state index in [2.05, 4.69) is 14.8 Å². The van der Waals surface area contributed by atoms with Gasteiger partial charge in [-0.05, 0) is 49.2 Å². The summed E-state index contributed by atoms with van der Waals surface area (Å²) in [6, 6.07) is 14.3. The van der Waals surface area contributed by atoms with E-state index >= 15 is 0 Å². The van der Waals surface area contributed by atoms with Crippen LogP contribution in [0.1, 0.15) is 23.2 Å². The van der Waals surface area contributed by atoms with Gasteiger partial charge in [-0.25, -0.2) is 13.4 Å². The van der Waals surface area contributed by atoms with Crippen LogP contribution in [-0.4, -0.2) is 62.4 Å². The minimum absolute atomic E-state index is 0.0714. The Morgan fingerprint density at radius 1 is 1.08 bits per heavy atom. The Labute approximate surface area is 213 Å². The number of rotatable bonds is 6. The third kappa shape index (κ3) is 4.98. The molecule has 0 bridgehead atoms. The van der Waals surface area contributed by atoms with E-state index in [-0.39, 0.29) is 22.9 Å². The van der Waals surface area contributed by atoms with E-state index in [4.69, 9.17) is 0 Å². The number of fused-ring (bicyclic) bond motifs is 1. The Morgan fingerprint density at radius 2 is 1.76 bits per heavy atom. The number of aryl methyl sites for hydroxylation is 1. The second-order valence-electron chi connectivity index (χ2n) is 9.20. The molecule has 11 nitrogen and oxygen atoms in total. The molecule has 1 amide bonds. The minimum atomic E-state index is -3.73. The van der Waals surface area contributed by atoms with Gasteiger partial charge in [0, 0.05) is 31.4 Å². The number of hydrogen-bond acceptors (Lipinski definition) is 7. The number of aliphatic hydroxyl groups is 1. The lowest BCUT2D eigenvalue weighted by molar-refractivity contribution is -0.0299. The van der Waals surface area contributed by atoms with Crippen molar-refractivity contribution in [3.8, 4) is 0 Å². The lowest BCUT2D eigenvalue weighted by Crippen LogP contribution is -2.49. The summed E-state index contributed by atoms with van der Waals surface area (Å²) in [5, 5.41) is 15.6. The van der Waals surface area contributed by atoms with Gasteiger partial charge in [-0.2, -0.15) is 5.10 Å². The highest BCUT2D eigenvalue weighted by atomic mass is 32.2. The standard InChI is InChI=1S/C25H26N6O5S/c1-29-22-21(15-27-29)24(33)31(17-26-22)16-25(34)11-13-30(14-12-25)23(32)18-7-9-19(10-8-18)28-37(35,36)20-5-3-2-4-6-20/h2-10,15,17,28,34H,11-14,16H2,1H3. The molecule has 1 saturated heterocycles. The van der Waals surface area contributed by atoms with E-state index in [1.165, 1.54) is 33.9 Å². The summed E-state index contributed by atoms with van der Waals surface area (Å²) < 4.78 is 30.4. The minimum Gasteiger partial charge on any atom is -0.388 e. The molecule has 4 aromatic rings. The number of carbonyl (C=O) groups excluding carboxylic acids is 1. The van der Waals surface area contributed by atoms with Crippen molar-refractivity contribution in [3.05, 3.63) is 83.0 Å². The van der Waals surface area contributed by atoms with Gasteiger partial charge in [0.15, 0.2) is 5.65 Å². The molecule has 1 aliphatic rings. The second-order valence-corrected chi connectivity index (χ2v) is 10.9. The van der Waals surface area contributed by atoms with Crippen LogP contribution in [-0.2, 0) is 23.6 Å². The van der Waals surface area contributed by atoms with Crippen molar-refractivity contribution >= 4 is 32.7 Å². The Bertz CT molecular complexity index is 1610. The van der Waals surface area contributed by atoms with Crippen LogP contribution in [0.3, 0.4) is 0 Å². The summed E-state index contributed by atoms with van der Waals surface area (Å²) in [4.78, 5) is 31.8. The molecule has 2 N–H and O–H groups in total. The predicted molar refractivity (Wildman–Crippen MR) is 137 cm³/mol. The van der Waals surface area contributed by atoms with E-state index in [0.717, 1.165) is 0 Å². The molecule has 0 atom stereocenters. The summed E-state index contributed by atoms with van der Waals surface area (Å²) >= 11 is 0. The number of hydrogen-bond donors (Lipinski definition) is 2. The zero-order valence-corrected chi connectivity index (χ0v) is 20.9. The molecule has 0 spiro atoms. The van der Waals surface area contributed by atoms with Gasteiger partial charge in [-0.3, -0.25) is 23.6 Å². The first-order chi connectivity index (χ1) is 17.7. The third-order valence-corrected chi connectivity index (χ3v) is 8.00. The number of likely N-dealkylation sites (tertiary alicyclic amines) is 1. The zero-order valence-electron chi connectivity index (χ0n) is 20.1. The Kier molecular flexibility index (Phi) is 6.30. The lowest BCUT2D eigenvalue weighted by Gasteiger charge is -2.38. The van der Waals surface area contributed by atoms with Crippen molar-refractivity contribution in [2.75, 3.05) is 17.8 Å². The average Bonchev–Trinajstić information content (AvgIpc) is 3.28. The number of carbonyl (C=O) groups is 1. The molecule has 12 heteroatoms. The molecule has 1 aliphatic heterocycles. The van der Waals surface area contributed by atoms with E-state index in [9.17, 15) is 23.1 Å². The third-order valence-electron chi connectivity index (χ3n) is 6.60. The average molecular weight is 523 g/mol. The molecule has 3 heterocycles. The first-order valence-corrected chi connectivity index (χ1v) is 13.2. The molecule has 5 rings (SSSR count). The van der Waals surface area contributed by atoms with Crippen LogP contribution in [0.2, 0.25) is 0 Å². The Hall–Kier alpha value is -4.03. The molecule has 2 aromatic heterocycles. The van der Waals surface area contributed by atoms with Crippen LogP contribution in [0, 0.1) is 0 Å². The number of sulfonamides is 1. The summed E-state index contributed by atoms with van der Waals surface area (Å²) in [6.45, 7) is 0.700. The lowest BCUT2D eigenvalue weighted by atomic mass is 9.91. The summed E-state index contributed by atoms with van der Waals surface area (Å²) in [7, 11) is -2.02. The van der Waals surface area contributed by atoms with Crippen LogP contribution < -0.4 is 10.3 Å². The quantitative estimate of drug-likeness (QED) is 0.392. The van der Waals surface area contributed by atoms with Crippen LogP contribution >= 0.6 is 0 Å². The molecular formula is C25H26N6O5S. The number of anilines is 1. The highest BCUT2D eigenvalue weighted by molar-refractivity contribution is 7.92. The molecule has 1 fully saturated rings. The fourth-order valence-corrected chi connectivity index (χ4v) is 5.54. The van der Waals surface area contributed by atoms with E-state index in [1.54, 1.807) is 54.4 Å². The summed E-state index contributed by atoms with van der Waals surface area (Å²) in [6.07, 6.45) is 3.47. The SMILES string of the molecule is Cn1ncc2c(=O)n(CC3(O)CCN(C(=O)c4ccc(NS(=O)(=O)c5ccccc5)cc4)CC3)cnc21. The molecule has 192 valence electrons. The summed E-state index contributed by atoms with van der Waals surface area (Å²) in [5.74, 6) is -0.213. The van der Waals surface area contributed by atoms with Crippen molar-refractivity contribution in [1.29, 1.82) is 0 Å². The Balaban J connectivity index is 1.22. The number of aromatic nitrogens is 4. The van der Waals surface area contributed by atoms with Crippen LogP contribution in [0.5, 0.6) is 0 Å².